The molecule has 1 amide bonds. The summed E-state index contributed by atoms with van der Waals surface area (Å²) in [5.74, 6) is 0.897. The normalized spacial score (nSPS) is 15.7. The number of halogens is 1. The maximum atomic E-state index is 12.2. The number of carbonyl (C=O) groups is 1. The Labute approximate surface area is 165 Å². The largest absolute Gasteiger partial charge is 0.356 e. The number of hydrogen-bond acceptors (Lipinski definition) is 2. The molecule has 0 unspecified atom stereocenters. The third kappa shape index (κ3) is 9.69. The summed E-state index contributed by atoms with van der Waals surface area (Å²) < 4.78 is 0. The van der Waals surface area contributed by atoms with Gasteiger partial charge in [-0.25, -0.2) is 0 Å². The Kier molecular flexibility index (Phi) is 12.5. The van der Waals surface area contributed by atoms with Crippen LogP contribution in [-0.4, -0.2) is 50.0 Å². The summed E-state index contributed by atoms with van der Waals surface area (Å²) in [7, 11) is 1.75. The van der Waals surface area contributed by atoms with E-state index in [2.05, 4.69) is 36.4 Å². The van der Waals surface area contributed by atoms with E-state index in [0.29, 0.717) is 6.54 Å². The highest BCUT2D eigenvalue weighted by Gasteiger charge is 2.19. The van der Waals surface area contributed by atoms with Crippen LogP contribution in [0.3, 0.4) is 0 Å². The van der Waals surface area contributed by atoms with Crippen molar-refractivity contribution in [3.05, 3.63) is 0 Å². The molecule has 1 saturated heterocycles. The molecule has 5 nitrogen and oxygen atoms in total. The van der Waals surface area contributed by atoms with Crippen LogP contribution in [0.25, 0.3) is 0 Å². The summed E-state index contributed by atoms with van der Waals surface area (Å²) in [5, 5.41) is 6.52. The average molecular weight is 452 g/mol. The molecule has 0 aliphatic carbocycles. The Morgan fingerprint density at radius 1 is 1.12 bits per heavy atom. The molecule has 0 radical (unpaired) electrons. The molecule has 24 heavy (non-hydrogen) atoms. The standard InChI is InChI=1S/C18H36N4O.HI/c1-5-6-8-11-18(2,3)15-21-17(19-4)20-14-16(23)22-12-9-7-10-13-22;/h5-15H2,1-4H3,(H2,19,20,21);1H. The molecule has 6 heteroatoms. The molecule has 1 rings (SSSR count). The van der Waals surface area contributed by atoms with Gasteiger partial charge in [0.1, 0.15) is 0 Å². The molecule has 2 N–H and O–H groups in total. The molecule has 1 fully saturated rings. The Balaban J connectivity index is 0.00000529. The number of likely N-dealkylation sites (tertiary alicyclic amines) is 1. The van der Waals surface area contributed by atoms with E-state index in [9.17, 15) is 4.79 Å². The van der Waals surface area contributed by atoms with Crippen LogP contribution in [0, 0.1) is 5.41 Å². The number of nitrogens with one attached hydrogen (secondary N) is 2. The van der Waals surface area contributed by atoms with Crippen molar-refractivity contribution >= 4 is 35.8 Å². The molecule has 142 valence electrons. The summed E-state index contributed by atoms with van der Waals surface area (Å²) in [6.45, 7) is 9.79. The lowest BCUT2D eigenvalue weighted by molar-refractivity contribution is -0.130. The number of unbranched alkanes of at least 4 members (excludes halogenated alkanes) is 2. The molecule has 1 heterocycles. The molecular weight excluding hydrogens is 415 g/mol. The van der Waals surface area contributed by atoms with Crippen molar-refractivity contribution < 1.29 is 4.79 Å². The molecule has 0 aromatic rings. The fourth-order valence-corrected chi connectivity index (χ4v) is 2.90. The zero-order valence-electron chi connectivity index (χ0n) is 16.0. The van der Waals surface area contributed by atoms with Crippen LogP contribution in [-0.2, 0) is 4.79 Å². The van der Waals surface area contributed by atoms with Gasteiger partial charge in [-0.2, -0.15) is 0 Å². The first kappa shape index (κ1) is 23.5. The number of rotatable bonds is 8. The Bertz CT molecular complexity index is 379. The smallest absolute Gasteiger partial charge is 0.241 e. The van der Waals surface area contributed by atoms with Crippen molar-refractivity contribution in [1.29, 1.82) is 0 Å². The van der Waals surface area contributed by atoms with Crippen molar-refractivity contribution in [3.63, 3.8) is 0 Å². The van der Waals surface area contributed by atoms with E-state index in [0.717, 1.165) is 38.4 Å². The van der Waals surface area contributed by atoms with Gasteiger partial charge >= 0.3 is 0 Å². The van der Waals surface area contributed by atoms with Gasteiger partial charge in [-0.3, -0.25) is 9.79 Å². The number of guanidine groups is 1. The summed E-state index contributed by atoms with van der Waals surface area (Å²) in [6, 6.07) is 0. The van der Waals surface area contributed by atoms with Crippen LogP contribution >= 0.6 is 24.0 Å². The molecule has 0 aromatic heterocycles. The third-order valence-electron chi connectivity index (χ3n) is 4.53. The molecule has 1 aliphatic rings. The fraction of sp³-hybridized carbons (Fsp3) is 0.889. The molecule has 1 aliphatic heterocycles. The van der Waals surface area contributed by atoms with Gasteiger partial charge in [0.2, 0.25) is 5.91 Å². The van der Waals surface area contributed by atoms with Crippen molar-refractivity contribution in [2.45, 2.75) is 65.7 Å². The monoisotopic (exact) mass is 452 g/mol. The Hall–Kier alpha value is -0.530. The van der Waals surface area contributed by atoms with Crippen LogP contribution in [0.1, 0.15) is 65.7 Å². The number of nitrogens with zero attached hydrogens (tertiary/aromatic N) is 2. The van der Waals surface area contributed by atoms with Crippen molar-refractivity contribution in [2.75, 3.05) is 33.2 Å². The van der Waals surface area contributed by atoms with E-state index >= 15 is 0 Å². The zero-order valence-corrected chi connectivity index (χ0v) is 18.3. The first-order valence-electron chi connectivity index (χ1n) is 9.21. The minimum atomic E-state index is 0. The molecule has 0 bridgehead atoms. The van der Waals surface area contributed by atoms with E-state index in [-0.39, 0.29) is 35.3 Å². The van der Waals surface area contributed by atoms with E-state index in [1.54, 1.807) is 7.05 Å². The lowest BCUT2D eigenvalue weighted by atomic mass is 9.87. The predicted octanol–water partition coefficient (Wildman–Crippen LogP) is 3.39. The maximum absolute atomic E-state index is 12.2. The van der Waals surface area contributed by atoms with Gasteiger partial charge in [0.05, 0.1) is 6.54 Å². The predicted molar refractivity (Wildman–Crippen MR) is 113 cm³/mol. The number of carbonyl (C=O) groups excluding carboxylic acids is 1. The lowest BCUT2D eigenvalue weighted by Gasteiger charge is -2.28. The van der Waals surface area contributed by atoms with E-state index in [1.807, 2.05) is 4.90 Å². The first-order chi connectivity index (χ1) is 11.0. The Morgan fingerprint density at radius 3 is 2.38 bits per heavy atom. The molecule has 0 atom stereocenters. The fourth-order valence-electron chi connectivity index (χ4n) is 2.90. The molecular formula is C18H37IN4O. The third-order valence-corrected chi connectivity index (χ3v) is 4.53. The zero-order chi connectivity index (χ0) is 17.1. The van der Waals surface area contributed by atoms with Gasteiger partial charge in [0.15, 0.2) is 5.96 Å². The molecule has 0 spiro atoms. The second kappa shape index (κ2) is 12.8. The van der Waals surface area contributed by atoms with Crippen LogP contribution in [0.2, 0.25) is 0 Å². The highest BCUT2D eigenvalue weighted by atomic mass is 127. The van der Waals surface area contributed by atoms with Crippen LogP contribution in [0.5, 0.6) is 0 Å². The van der Waals surface area contributed by atoms with Gasteiger partial charge in [-0.1, -0.05) is 40.0 Å². The number of hydrogen-bond donors (Lipinski definition) is 2. The van der Waals surface area contributed by atoms with Crippen LogP contribution in [0.15, 0.2) is 4.99 Å². The maximum Gasteiger partial charge on any atom is 0.241 e. The summed E-state index contributed by atoms with van der Waals surface area (Å²) in [4.78, 5) is 18.4. The average Bonchev–Trinajstić information content (AvgIpc) is 2.55. The van der Waals surface area contributed by atoms with Gasteiger partial charge in [0.25, 0.3) is 0 Å². The number of aliphatic imine (C=N–C) groups is 1. The van der Waals surface area contributed by atoms with Crippen molar-refractivity contribution in [2.24, 2.45) is 10.4 Å². The topological polar surface area (TPSA) is 56.7 Å². The van der Waals surface area contributed by atoms with Gasteiger partial charge in [-0.05, 0) is 31.1 Å². The first-order valence-corrected chi connectivity index (χ1v) is 9.21. The second-order valence-corrected chi connectivity index (χ2v) is 7.34. The minimum absolute atomic E-state index is 0. The van der Waals surface area contributed by atoms with E-state index in [4.69, 9.17) is 0 Å². The van der Waals surface area contributed by atoms with Gasteiger partial charge in [0, 0.05) is 26.7 Å². The molecule has 0 saturated carbocycles. The van der Waals surface area contributed by atoms with Crippen LogP contribution in [0.4, 0.5) is 0 Å². The van der Waals surface area contributed by atoms with Crippen molar-refractivity contribution in [1.82, 2.24) is 15.5 Å². The SMILES string of the molecule is CCCCCC(C)(C)CNC(=NC)NCC(=O)N1CCCCC1.I. The summed E-state index contributed by atoms with van der Waals surface area (Å²) >= 11 is 0. The van der Waals surface area contributed by atoms with E-state index in [1.165, 1.54) is 32.1 Å². The van der Waals surface area contributed by atoms with Crippen LogP contribution < -0.4 is 10.6 Å². The Morgan fingerprint density at radius 2 is 1.79 bits per heavy atom. The second-order valence-electron chi connectivity index (χ2n) is 7.34. The van der Waals surface area contributed by atoms with E-state index < -0.39 is 0 Å². The quantitative estimate of drug-likeness (QED) is 0.257. The summed E-state index contributed by atoms with van der Waals surface area (Å²) in [5.41, 5.74) is 0.240. The highest BCUT2D eigenvalue weighted by Crippen LogP contribution is 2.22. The minimum Gasteiger partial charge on any atom is -0.356 e. The highest BCUT2D eigenvalue weighted by molar-refractivity contribution is 14.0. The number of amides is 1. The number of piperidine rings is 1. The van der Waals surface area contributed by atoms with Gasteiger partial charge in [-0.15, -0.1) is 24.0 Å². The lowest BCUT2D eigenvalue weighted by Crippen LogP contribution is -2.47. The summed E-state index contributed by atoms with van der Waals surface area (Å²) in [6.07, 6.45) is 8.52. The van der Waals surface area contributed by atoms with Crippen molar-refractivity contribution in [3.8, 4) is 0 Å². The molecule has 0 aromatic carbocycles. The van der Waals surface area contributed by atoms with Gasteiger partial charge < -0.3 is 15.5 Å².